The number of carbonyl (C=O) groups excluding carboxylic acids is 2. The van der Waals surface area contributed by atoms with Gasteiger partial charge < -0.3 is 14.5 Å². The molecule has 0 unspecified atom stereocenters. The number of benzene rings is 1. The highest BCUT2D eigenvalue weighted by Gasteiger charge is 2.30. The maximum absolute atomic E-state index is 12.7. The summed E-state index contributed by atoms with van der Waals surface area (Å²) in [5, 5.41) is 0. The lowest BCUT2D eigenvalue weighted by atomic mass is 9.84. The van der Waals surface area contributed by atoms with Crippen LogP contribution in [-0.2, 0) is 22.4 Å². The molecule has 1 saturated carbocycles. The molecule has 3 aliphatic rings. The predicted molar refractivity (Wildman–Crippen MR) is 94.5 cm³/mol. The van der Waals surface area contributed by atoms with Gasteiger partial charge >= 0.3 is 0 Å². The molecule has 1 aromatic carbocycles. The Balaban J connectivity index is 1.33. The molecular weight excluding hydrogens is 316 g/mol. The molecule has 0 aromatic heterocycles. The minimum absolute atomic E-state index is 0.164. The van der Waals surface area contributed by atoms with Gasteiger partial charge in [0.15, 0.2) is 0 Å². The van der Waals surface area contributed by atoms with Gasteiger partial charge in [0.05, 0.1) is 13.0 Å². The number of amides is 2. The molecule has 2 amide bonds. The number of nitrogens with zero attached hydrogens (tertiary/aromatic N) is 2. The summed E-state index contributed by atoms with van der Waals surface area (Å²) in [5.74, 6) is 1.67. The van der Waals surface area contributed by atoms with Gasteiger partial charge in [0, 0.05) is 38.5 Å². The van der Waals surface area contributed by atoms with E-state index in [1.54, 1.807) is 0 Å². The first-order valence-electron chi connectivity index (χ1n) is 9.52. The molecule has 0 atom stereocenters. The van der Waals surface area contributed by atoms with Gasteiger partial charge in [-0.3, -0.25) is 9.59 Å². The highest BCUT2D eigenvalue weighted by Crippen LogP contribution is 2.29. The van der Waals surface area contributed by atoms with Crippen molar-refractivity contribution in [2.24, 2.45) is 5.92 Å². The monoisotopic (exact) mass is 342 g/mol. The summed E-state index contributed by atoms with van der Waals surface area (Å²) in [6.07, 6.45) is 5.51. The molecule has 134 valence electrons. The van der Waals surface area contributed by atoms with Crippen molar-refractivity contribution in [1.29, 1.82) is 0 Å². The van der Waals surface area contributed by atoms with Crippen LogP contribution < -0.4 is 4.74 Å². The van der Waals surface area contributed by atoms with Crippen molar-refractivity contribution in [3.8, 4) is 5.75 Å². The fraction of sp³-hybridized carbons (Fsp3) is 0.600. The zero-order valence-corrected chi connectivity index (χ0v) is 14.7. The van der Waals surface area contributed by atoms with Crippen LogP contribution in [0.2, 0.25) is 0 Å². The van der Waals surface area contributed by atoms with Gasteiger partial charge in [0.2, 0.25) is 11.8 Å². The Morgan fingerprint density at radius 2 is 1.84 bits per heavy atom. The molecule has 2 aliphatic heterocycles. The molecule has 0 radical (unpaired) electrons. The summed E-state index contributed by atoms with van der Waals surface area (Å²) < 4.78 is 5.53. The number of fused-ring (bicyclic) bond motifs is 1. The Morgan fingerprint density at radius 1 is 1.04 bits per heavy atom. The average Bonchev–Trinajstić information content (AvgIpc) is 2.87. The fourth-order valence-corrected chi connectivity index (χ4v) is 3.94. The minimum Gasteiger partial charge on any atom is -0.493 e. The molecule has 0 bridgehead atoms. The topological polar surface area (TPSA) is 49.9 Å². The quantitative estimate of drug-likeness (QED) is 0.844. The second-order valence-corrected chi connectivity index (χ2v) is 7.40. The van der Waals surface area contributed by atoms with Crippen LogP contribution in [0.5, 0.6) is 5.75 Å². The minimum atomic E-state index is 0.164. The van der Waals surface area contributed by atoms with E-state index in [0.717, 1.165) is 56.7 Å². The van der Waals surface area contributed by atoms with E-state index in [9.17, 15) is 9.59 Å². The van der Waals surface area contributed by atoms with Crippen LogP contribution in [0.15, 0.2) is 18.2 Å². The smallest absolute Gasteiger partial charge is 0.227 e. The van der Waals surface area contributed by atoms with Crippen LogP contribution in [0.3, 0.4) is 0 Å². The van der Waals surface area contributed by atoms with Crippen molar-refractivity contribution in [3.05, 3.63) is 29.3 Å². The van der Waals surface area contributed by atoms with Crippen molar-refractivity contribution in [2.75, 3.05) is 32.8 Å². The van der Waals surface area contributed by atoms with E-state index in [-0.39, 0.29) is 11.8 Å². The van der Waals surface area contributed by atoms with Gasteiger partial charge in [-0.15, -0.1) is 0 Å². The molecular formula is C20H26N2O3. The predicted octanol–water partition coefficient (Wildman–Crippen LogP) is 2.02. The first-order chi connectivity index (χ1) is 12.2. The first-order valence-corrected chi connectivity index (χ1v) is 9.52. The zero-order valence-electron chi connectivity index (χ0n) is 14.7. The Kier molecular flexibility index (Phi) is 4.64. The number of rotatable bonds is 3. The number of hydrogen-bond acceptors (Lipinski definition) is 3. The third kappa shape index (κ3) is 3.51. The second kappa shape index (κ2) is 7.06. The lowest BCUT2D eigenvalue weighted by Gasteiger charge is -2.31. The van der Waals surface area contributed by atoms with E-state index in [0.29, 0.717) is 25.4 Å². The highest BCUT2D eigenvalue weighted by molar-refractivity contribution is 5.81. The SMILES string of the molecule is O=C(Cc1ccc2c(c1)CCO2)N1CCCN(C(=O)C2CCC2)CC1. The Labute approximate surface area is 148 Å². The van der Waals surface area contributed by atoms with Crippen molar-refractivity contribution >= 4 is 11.8 Å². The van der Waals surface area contributed by atoms with Gasteiger partial charge in [-0.1, -0.05) is 18.6 Å². The lowest BCUT2D eigenvalue weighted by Crippen LogP contribution is -2.41. The molecule has 2 fully saturated rings. The molecule has 25 heavy (non-hydrogen) atoms. The summed E-state index contributed by atoms with van der Waals surface area (Å²) >= 11 is 0. The van der Waals surface area contributed by atoms with Gasteiger partial charge in [0.1, 0.15) is 5.75 Å². The van der Waals surface area contributed by atoms with E-state index in [1.807, 2.05) is 21.9 Å². The summed E-state index contributed by atoms with van der Waals surface area (Å²) in [4.78, 5) is 29.0. The highest BCUT2D eigenvalue weighted by atomic mass is 16.5. The van der Waals surface area contributed by atoms with Crippen LogP contribution in [0.25, 0.3) is 0 Å². The van der Waals surface area contributed by atoms with Gasteiger partial charge in [0.25, 0.3) is 0 Å². The number of carbonyl (C=O) groups is 2. The fourth-order valence-electron chi connectivity index (χ4n) is 3.94. The van der Waals surface area contributed by atoms with Gasteiger partial charge in [-0.05, 0) is 36.5 Å². The van der Waals surface area contributed by atoms with Crippen LogP contribution in [0.4, 0.5) is 0 Å². The Bertz CT molecular complexity index is 669. The molecule has 4 rings (SSSR count). The van der Waals surface area contributed by atoms with Crippen LogP contribution in [0.1, 0.15) is 36.8 Å². The second-order valence-electron chi connectivity index (χ2n) is 7.40. The molecule has 1 aromatic rings. The van der Waals surface area contributed by atoms with Crippen molar-refractivity contribution in [2.45, 2.75) is 38.5 Å². The summed E-state index contributed by atoms with van der Waals surface area (Å²) in [6.45, 7) is 3.62. The van der Waals surface area contributed by atoms with Gasteiger partial charge in [-0.2, -0.15) is 0 Å². The molecule has 2 heterocycles. The first kappa shape index (κ1) is 16.4. The molecule has 5 nitrogen and oxygen atoms in total. The van der Waals surface area contributed by atoms with Gasteiger partial charge in [-0.25, -0.2) is 0 Å². The van der Waals surface area contributed by atoms with Crippen molar-refractivity contribution in [3.63, 3.8) is 0 Å². The van der Waals surface area contributed by atoms with Crippen molar-refractivity contribution < 1.29 is 14.3 Å². The van der Waals surface area contributed by atoms with Crippen LogP contribution in [0, 0.1) is 5.92 Å². The number of hydrogen-bond donors (Lipinski definition) is 0. The lowest BCUT2D eigenvalue weighted by molar-refractivity contribution is -0.138. The molecule has 5 heteroatoms. The van der Waals surface area contributed by atoms with E-state index in [1.165, 1.54) is 12.0 Å². The average molecular weight is 342 g/mol. The third-order valence-corrected chi connectivity index (χ3v) is 5.72. The molecule has 1 aliphatic carbocycles. The standard InChI is InChI=1S/C20H26N2O3/c23-19(14-15-5-6-18-17(13-15)7-12-25-18)21-8-2-9-22(11-10-21)20(24)16-3-1-4-16/h5-6,13,16H,1-4,7-12,14H2. The molecule has 0 spiro atoms. The van der Waals surface area contributed by atoms with E-state index >= 15 is 0 Å². The molecule has 1 saturated heterocycles. The maximum atomic E-state index is 12.7. The summed E-state index contributed by atoms with van der Waals surface area (Å²) in [7, 11) is 0. The normalized spacial score (nSPS) is 20.5. The molecule has 0 N–H and O–H groups in total. The van der Waals surface area contributed by atoms with Crippen molar-refractivity contribution in [1.82, 2.24) is 9.80 Å². The maximum Gasteiger partial charge on any atom is 0.227 e. The summed E-state index contributed by atoms with van der Waals surface area (Å²) in [5.41, 5.74) is 2.26. The third-order valence-electron chi connectivity index (χ3n) is 5.72. The van der Waals surface area contributed by atoms with Crippen LogP contribution >= 0.6 is 0 Å². The Morgan fingerprint density at radius 3 is 2.64 bits per heavy atom. The van der Waals surface area contributed by atoms with E-state index < -0.39 is 0 Å². The zero-order chi connectivity index (χ0) is 17.2. The number of ether oxygens (including phenoxy) is 1. The van der Waals surface area contributed by atoms with Crippen LogP contribution in [-0.4, -0.2) is 54.4 Å². The largest absolute Gasteiger partial charge is 0.493 e. The summed E-state index contributed by atoms with van der Waals surface area (Å²) in [6, 6.07) is 6.07. The van der Waals surface area contributed by atoms with E-state index in [2.05, 4.69) is 6.07 Å². The Hall–Kier alpha value is -2.04. The van der Waals surface area contributed by atoms with E-state index in [4.69, 9.17) is 4.74 Å².